The van der Waals surface area contributed by atoms with Crippen molar-refractivity contribution in [3.63, 3.8) is 0 Å². The van der Waals surface area contributed by atoms with Gasteiger partial charge in [0.2, 0.25) is 0 Å². The van der Waals surface area contributed by atoms with Gasteiger partial charge in [0.1, 0.15) is 5.69 Å². The Morgan fingerprint density at radius 2 is 2.28 bits per heavy atom. The van der Waals surface area contributed by atoms with Crippen LogP contribution in [-0.4, -0.2) is 22.1 Å². The maximum atomic E-state index is 11.9. The first-order valence-electron chi connectivity index (χ1n) is 5.70. The van der Waals surface area contributed by atoms with Crippen molar-refractivity contribution in [3.05, 3.63) is 52.0 Å². The number of carbonyl (C=O) groups excluding carboxylic acids is 1. The van der Waals surface area contributed by atoms with Gasteiger partial charge in [-0.15, -0.1) is 11.3 Å². The third-order valence-electron chi connectivity index (χ3n) is 3.16. The lowest BCUT2D eigenvalue weighted by atomic mass is 10.1. The van der Waals surface area contributed by atoms with E-state index in [2.05, 4.69) is 10.3 Å². The molecule has 1 aromatic heterocycles. The molecule has 0 spiro atoms. The lowest BCUT2D eigenvalue weighted by Gasteiger charge is -2.17. The number of nitrogens with one attached hydrogen (secondary N) is 1. The molecule has 0 bridgehead atoms. The Labute approximate surface area is 108 Å². The smallest absolute Gasteiger partial charge is 0.271 e. The third kappa shape index (κ3) is 1.91. The van der Waals surface area contributed by atoms with Gasteiger partial charge in [0.05, 0.1) is 17.7 Å². The van der Waals surface area contributed by atoms with Crippen molar-refractivity contribution in [2.45, 2.75) is 18.6 Å². The molecule has 2 N–H and O–H groups in total. The highest BCUT2D eigenvalue weighted by molar-refractivity contribution is 7.07. The van der Waals surface area contributed by atoms with Crippen LogP contribution in [0.4, 0.5) is 0 Å². The van der Waals surface area contributed by atoms with Crippen molar-refractivity contribution < 1.29 is 9.90 Å². The van der Waals surface area contributed by atoms with Crippen LogP contribution in [0.15, 0.2) is 35.2 Å². The molecule has 1 aliphatic carbocycles. The molecule has 18 heavy (non-hydrogen) atoms. The van der Waals surface area contributed by atoms with E-state index in [0.717, 1.165) is 11.1 Å². The van der Waals surface area contributed by atoms with Crippen molar-refractivity contribution in [1.82, 2.24) is 10.3 Å². The van der Waals surface area contributed by atoms with Crippen LogP contribution in [0.25, 0.3) is 0 Å². The third-order valence-corrected chi connectivity index (χ3v) is 3.74. The maximum absolute atomic E-state index is 11.9. The van der Waals surface area contributed by atoms with Gasteiger partial charge in [0.25, 0.3) is 5.91 Å². The van der Waals surface area contributed by atoms with Gasteiger partial charge in [-0.25, -0.2) is 4.98 Å². The Morgan fingerprint density at radius 1 is 1.44 bits per heavy atom. The van der Waals surface area contributed by atoms with E-state index >= 15 is 0 Å². The Morgan fingerprint density at radius 3 is 3.06 bits per heavy atom. The number of nitrogens with zero attached hydrogens (tertiary/aromatic N) is 1. The first-order valence-corrected chi connectivity index (χ1v) is 6.65. The van der Waals surface area contributed by atoms with Crippen LogP contribution in [0.5, 0.6) is 0 Å². The molecule has 1 aliphatic rings. The molecule has 92 valence electrons. The summed E-state index contributed by atoms with van der Waals surface area (Å²) in [7, 11) is 0. The standard InChI is InChI=1S/C13H12N2O2S/c16-11-5-8-3-1-2-4-9(8)12(11)15-13(17)10-6-18-7-14-10/h1-4,6-7,11-12,16H,5H2,(H,15,17)/t11-,12+/m1/s1. The molecule has 5 heteroatoms. The van der Waals surface area contributed by atoms with Crippen LogP contribution in [0.2, 0.25) is 0 Å². The topological polar surface area (TPSA) is 62.2 Å². The van der Waals surface area contributed by atoms with Crippen molar-refractivity contribution in [2.75, 3.05) is 0 Å². The van der Waals surface area contributed by atoms with Crippen LogP contribution in [0, 0.1) is 0 Å². The van der Waals surface area contributed by atoms with E-state index < -0.39 is 6.10 Å². The van der Waals surface area contributed by atoms with Gasteiger partial charge in [-0.05, 0) is 11.1 Å². The lowest BCUT2D eigenvalue weighted by Crippen LogP contribution is -2.34. The highest BCUT2D eigenvalue weighted by Crippen LogP contribution is 2.31. The number of hydrogen-bond acceptors (Lipinski definition) is 4. The van der Waals surface area contributed by atoms with E-state index in [0.29, 0.717) is 12.1 Å². The maximum Gasteiger partial charge on any atom is 0.271 e. The summed E-state index contributed by atoms with van der Waals surface area (Å²) >= 11 is 1.38. The summed E-state index contributed by atoms with van der Waals surface area (Å²) in [6.07, 6.45) is 0.0167. The number of fused-ring (bicyclic) bond motifs is 1. The largest absolute Gasteiger partial charge is 0.390 e. The Bertz CT molecular complexity index is 568. The quantitative estimate of drug-likeness (QED) is 0.860. The van der Waals surface area contributed by atoms with Gasteiger partial charge in [0.15, 0.2) is 0 Å². The monoisotopic (exact) mass is 260 g/mol. The summed E-state index contributed by atoms with van der Waals surface area (Å²) in [5.74, 6) is -0.239. The van der Waals surface area contributed by atoms with Crippen molar-refractivity contribution >= 4 is 17.2 Å². The normalized spacial score (nSPS) is 21.6. The Balaban J connectivity index is 1.83. The molecule has 3 rings (SSSR count). The van der Waals surface area contributed by atoms with Gasteiger partial charge in [-0.2, -0.15) is 0 Å². The van der Waals surface area contributed by atoms with Gasteiger partial charge in [0, 0.05) is 11.8 Å². The number of hydrogen-bond donors (Lipinski definition) is 2. The number of carbonyl (C=O) groups is 1. The zero-order valence-electron chi connectivity index (χ0n) is 9.54. The molecule has 0 unspecified atom stereocenters. The van der Waals surface area contributed by atoms with E-state index in [9.17, 15) is 9.90 Å². The van der Waals surface area contributed by atoms with Crippen LogP contribution < -0.4 is 5.32 Å². The van der Waals surface area contributed by atoms with Gasteiger partial charge < -0.3 is 10.4 Å². The van der Waals surface area contributed by atoms with Crippen molar-refractivity contribution in [3.8, 4) is 0 Å². The molecule has 0 saturated carbocycles. The Hall–Kier alpha value is -1.72. The number of rotatable bonds is 2. The van der Waals surface area contributed by atoms with Crippen molar-refractivity contribution in [2.24, 2.45) is 0 Å². The summed E-state index contributed by atoms with van der Waals surface area (Å²) in [6, 6.07) is 7.44. The van der Waals surface area contributed by atoms with Crippen molar-refractivity contribution in [1.29, 1.82) is 0 Å². The fourth-order valence-electron chi connectivity index (χ4n) is 2.29. The van der Waals surface area contributed by atoms with Crippen LogP contribution in [-0.2, 0) is 6.42 Å². The minimum atomic E-state index is -0.565. The number of aromatic nitrogens is 1. The predicted octanol–water partition coefficient (Wildman–Crippen LogP) is 1.53. The molecule has 4 nitrogen and oxygen atoms in total. The molecule has 1 amide bonds. The molecule has 0 fully saturated rings. The first-order chi connectivity index (χ1) is 8.75. The molecular weight excluding hydrogens is 248 g/mol. The predicted molar refractivity (Wildman–Crippen MR) is 68.5 cm³/mol. The second-order valence-corrected chi connectivity index (χ2v) is 5.01. The summed E-state index contributed by atoms with van der Waals surface area (Å²) in [5.41, 5.74) is 4.10. The van der Waals surface area contributed by atoms with E-state index in [-0.39, 0.29) is 11.9 Å². The Kier molecular flexibility index (Phi) is 2.85. The second-order valence-electron chi connectivity index (χ2n) is 4.30. The molecule has 2 atom stereocenters. The number of thiazole rings is 1. The minimum absolute atomic E-state index is 0.239. The number of benzene rings is 1. The van der Waals surface area contributed by atoms with E-state index in [4.69, 9.17) is 0 Å². The highest BCUT2D eigenvalue weighted by Gasteiger charge is 2.32. The molecule has 1 aromatic carbocycles. The summed E-state index contributed by atoms with van der Waals surface area (Å²) in [4.78, 5) is 15.9. The van der Waals surface area contributed by atoms with Gasteiger partial charge in [-0.3, -0.25) is 4.79 Å². The fourth-order valence-corrected chi connectivity index (χ4v) is 2.82. The summed E-state index contributed by atoms with van der Waals surface area (Å²) in [5, 5.41) is 14.6. The van der Waals surface area contributed by atoms with Gasteiger partial charge >= 0.3 is 0 Å². The summed E-state index contributed by atoms with van der Waals surface area (Å²) in [6.45, 7) is 0. The van der Waals surface area contributed by atoms with Gasteiger partial charge in [-0.1, -0.05) is 24.3 Å². The highest BCUT2D eigenvalue weighted by atomic mass is 32.1. The van der Waals surface area contributed by atoms with Crippen LogP contribution >= 0.6 is 11.3 Å². The average molecular weight is 260 g/mol. The van der Waals surface area contributed by atoms with Crippen LogP contribution in [0.3, 0.4) is 0 Å². The summed E-state index contributed by atoms with van der Waals surface area (Å²) < 4.78 is 0. The molecule has 0 saturated heterocycles. The average Bonchev–Trinajstić information content (AvgIpc) is 2.98. The molecule has 0 radical (unpaired) electrons. The zero-order valence-corrected chi connectivity index (χ0v) is 10.4. The second kappa shape index (κ2) is 4.51. The number of aliphatic hydroxyl groups excluding tert-OH is 1. The number of aliphatic hydroxyl groups is 1. The molecule has 0 aliphatic heterocycles. The lowest BCUT2D eigenvalue weighted by molar-refractivity contribution is 0.0854. The minimum Gasteiger partial charge on any atom is -0.390 e. The van der Waals surface area contributed by atoms with E-state index in [1.54, 1.807) is 10.9 Å². The van der Waals surface area contributed by atoms with Crippen LogP contribution in [0.1, 0.15) is 27.7 Å². The SMILES string of the molecule is O=C(N[C@H]1c2ccccc2C[C@H]1O)c1cscn1. The molecule has 1 heterocycles. The molecular formula is C13H12N2O2S. The first kappa shape index (κ1) is 11.4. The van der Waals surface area contributed by atoms with E-state index in [1.165, 1.54) is 11.3 Å². The zero-order chi connectivity index (χ0) is 12.5. The number of amides is 1. The van der Waals surface area contributed by atoms with E-state index in [1.807, 2.05) is 24.3 Å². The fraction of sp³-hybridized carbons (Fsp3) is 0.231. The molecule has 2 aromatic rings.